The minimum absolute atomic E-state index is 0.0412. The Kier molecular flexibility index (Phi) is 6.83. The Morgan fingerprint density at radius 2 is 1.91 bits per heavy atom. The average molecular weight is 478 g/mol. The van der Waals surface area contributed by atoms with Crippen LogP contribution in [0, 0.1) is 10.6 Å². The number of aromatic nitrogens is 3. The zero-order valence-corrected chi connectivity index (χ0v) is 19.7. The number of para-hydroxylation sites is 1. The molecule has 0 saturated heterocycles. The predicted molar refractivity (Wildman–Crippen MR) is 134 cm³/mol. The lowest BCUT2D eigenvalue weighted by molar-refractivity contribution is 0.0951. The van der Waals surface area contributed by atoms with E-state index in [1.165, 1.54) is 24.3 Å². The van der Waals surface area contributed by atoms with Crippen molar-refractivity contribution in [3.8, 4) is 5.69 Å². The number of hydrogen-bond donors (Lipinski definition) is 2. The zero-order chi connectivity index (χ0) is 24.2. The van der Waals surface area contributed by atoms with Gasteiger partial charge in [0.05, 0.1) is 16.6 Å². The number of fused-ring (bicyclic) bond motifs is 1. The number of carbonyl (C=O) groups is 1. The quantitative estimate of drug-likeness (QED) is 0.387. The van der Waals surface area contributed by atoms with Crippen LogP contribution in [0.5, 0.6) is 0 Å². The van der Waals surface area contributed by atoms with Gasteiger partial charge in [0, 0.05) is 31.4 Å². The first-order chi connectivity index (χ1) is 16.4. The van der Waals surface area contributed by atoms with Crippen molar-refractivity contribution in [2.24, 2.45) is 0 Å². The van der Waals surface area contributed by atoms with Crippen molar-refractivity contribution >= 4 is 34.8 Å². The Labute approximate surface area is 200 Å². The van der Waals surface area contributed by atoms with Crippen LogP contribution in [0.2, 0.25) is 0 Å². The van der Waals surface area contributed by atoms with Gasteiger partial charge in [-0.15, -0.1) is 0 Å². The molecule has 0 saturated carbocycles. The lowest BCUT2D eigenvalue weighted by atomic mass is 10.1. The molecule has 2 N–H and O–H groups in total. The van der Waals surface area contributed by atoms with Gasteiger partial charge < -0.3 is 15.2 Å². The predicted octanol–water partition coefficient (Wildman–Crippen LogP) is 4.36. The van der Waals surface area contributed by atoms with Gasteiger partial charge >= 0.3 is 0 Å². The molecule has 0 spiro atoms. The van der Waals surface area contributed by atoms with Gasteiger partial charge in [-0.1, -0.05) is 18.2 Å². The van der Waals surface area contributed by atoms with E-state index in [0.717, 1.165) is 29.0 Å². The molecular weight excluding hydrogens is 453 g/mol. The second-order valence-corrected chi connectivity index (χ2v) is 8.05. The van der Waals surface area contributed by atoms with Crippen LogP contribution in [-0.2, 0) is 6.54 Å². The van der Waals surface area contributed by atoms with Crippen LogP contribution in [0.25, 0.3) is 16.6 Å². The summed E-state index contributed by atoms with van der Waals surface area (Å²) in [6.45, 7) is 6.20. The van der Waals surface area contributed by atoms with E-state index in [2.05, 4.69) is 34.0 Å². The molecule has 4 aromatic rings. The summed E-state index contributed by atoms with van der Waals surface area (Å²) in [5.41, 5.74) is 1.25. The number of halogens is 1. The molecule has 1 amide bonds. The van der Waals surface area contributed by atoms with Gasteiger partial charge in [0.15, 0.2) is 4.77 Å². The normalized spacial score (nSPS) is 10.9. The van der Waals surface area contributed by atoms with Crippen molar-refractivity contribution in [3.05, 3.63) is 92.9 Å². The van der Waals surface area contributed by atoms with Crippen LogP contribution < -0.4 is 15.8 Å². The molecule has 34 heavy (non-hydrogen) atoms. The number of nitrogens with zero attached hydrogens (tertiary/aromatic N) is 3. The van der Waals surface area contributed by atoms with Gasteiger partial charge in [-0.3, -0.25) is 9.59 Å². The summed E-state index contributed by atoms with van der Waals surface area (Å²) < 4.78 is 15.4. The van der Waals surface area contributed by atoms with Gasteiger partial charge in [-0.2, -0.15) is 0 Å². The Bertz CT molecular complexity index is 1460. The molecule has 174 valence electrons. The smallest absolute Gasteiger partial charge is 0.266 e. The molecule has 0 radical (unpaired) electrons. The third-order valence-electron chi connectivity index (χ3n) is 5.60. The molecule has 0 aliphatic carbocycles. The highest BCUT2D eigenvalue weighted by Gasteiger charge is 2.13. The molecule has 0 fully saturated rings. The number of anilines is 1. The van der Waals surface area contributed by atoms with E-state index >= 15 is 0 Å². The Morgan fingerprint density at radius 3 is 2.59 bits per heavy atom. The molecule has 0 unspecified atom stereocenters. The second-order valence-electron chi connectivity index (χ2n) is 7.66. The number of aromatic amines is 1. The fourth-order valence-electron chi connectivity index (χ4n) is 3.75. The molecule has 2 heterocycles. The minimum atomic E-state index is -0.556. The van der Waals surface area contributed by atoms with Crippen molar-refractivity contribution in [2.75, 3.05) is 18.0 Å². The summed E-state index contributed by atoms with van der Waals surface area (Å²) in [7, 11) is 0. The largest absolute Gasteiger partial charge is 0.357 e. The first-order valence-corrected chi connectivity index (χ1v) is 11.4. The molecule has 0 aliphatic heterocycles. The molecule has 0 atom stereocenters. The van der Waals surface area contributed by atoms with Crippen LogP contribution in [0.1, 0.15) is 29.8 Å². The molecule has 7 nitrogen and oxygen atoms in total. The summed E-state index contributed by atoms with van der Waals surface area (Å²) in [5, 5.41) is 3.16. The summed E-state index contributed by atoms with van der Waals surface area (Å²) in [5.74, 6) is 0.0392. The lowest BCUT2D eigenvalue weighted by Gasteiger charge is -2.19. The fourth-order valence-corrected chi connectivity index (χ4v) is 4.04. The van der Waals surface area contributed by atoms with Gasteiger partial charge in [-0.05, 0) is 68.0 Å². The minimum Gasteiger partial charge on any atom is -0.357 e. The third-order valence-corrected chi connectivity index (χ3v) is 5.89. The summed E-state index contributed by atoms with van der Waals surface area (Å²) in [6.07, 6.45) is 1.75. The fraction of sp³-hybridized carbons (Fsp3) is 0.200. The topological polar surface area (TPSA) is 83.0 Å². The van der Waals surface area contributed by atoms with Gasteiger partial charge in [0.25, 0.3) is 11.5 Å². The Balaban J connectivity index is 1.55. The molecule has 0 bridgehead atoms. The first-order valence-electron chi connectivity index (χ1n) is 10.9. The van der Waals surface area contributed by atoms with Gasteiger partial charge in [0.1, 0.15) is 11.6 Å². The van der Waals surface area contributed by atoms with E-state index in [4.69, 9.17) is 12.2 Å². The van der Waals surface area contributed by atoms with Crippen LogP contribution in [0.15, 0.2) is 65.6 Å². The maximum atomic E-state index is 14.2. The molecule has 4 rings (SSSR count). The number of nitrogens with one attached hydrogen (secondary N) is 2. The van der Waals surface area contributed by atoms with Crippen LogP contribution >= 0.6 is 12.2 Å². The first kappa shape index (κ1) is 23.3. The number of amides is 1. The number of H-pyrrole nitrogens is 1. The zero-order valence-electron chi connectivity index (χ0n) is 18.8. The van der Waals surface area contributed by atoms with Crippen LogP contribution in [-0.4, -0.2) is 33.5 Å². The summed E-state index contributed by atoms with van der Waals surface area (Å²) in [4.78, 5) is 35.3. The molecule has 2 aromatic carbocycles. The standard InChI is InChI=1S/C25H24FN5O2S/c1-3-30(4-2)22-12-9-16(14-27-22)15-28-23(32)17-10-11-18-20(13-17)29-25(34)31(24(18)33)21-8-6-5-7-19(21)26/h5-14H,3-4,15H2,1-2H3,(H,28,32)(H,29,34). The average Bonchev–Trinajstić information content (AvgIpc) is 2.85. The van der Waals surface area contributed by atoms with Crippen molar-refractivity contribution in [3.63, 3.8) is 0 Å². The maximum Gasteiger partial charge on any atom is 0.266 e. The maximum absolute atomic E-state index is 14.2. The number of carbonyl (C=O) groups excluding carboxylic acids is 1. The molecule has 0 aliphatic rings. The van der Waals surface area contributed by atoms with E-state index in [1.807, 2.05) is 12.1 Å². The highest BCUT2D eigenvalue weighted by atomic mass is 32.1. The lowest BCUT2D eigenvalue weighted by Crippen LogP contribution is -2.25. The van der Waals surface area contributed by atoms with E-state index in [-0.39, 0.29) is 16.4 Å². The van der Waals surface area contributed by atoms with Crippen molar-refractivity contribution in [1.29, 1.82) is 0 Å². The highest BCUT2D eigenvalue weighted by molar-refractivity contribution is 7.71. The Hall–Kier alpha value is -3.85. The van der Waals surface area contributed by atoms with Crippen LogP contribution in [0.4, 0.5) is 10.2 Å². The van der Waals surface area contributed by atoms with E-state index in [9.17, 15) is 14.0 Å². The highest BCUT2D eigenvalue weighted by Crippen LogP contribution is 2.16. The number of pyridine rings is 1. The second kappa shape index (κ2) is 9.96. The van der Waals surface area contributed by atoms with Crippen molar-refractivity contribution in [2.45, 2.75) is 20.4 Å². The van der Waals surface area contributed by atoms with E-state index in [0.29, 0.717) is 23.0 Å². The monoisotopic (exact) mass is 477 g/mol. The number of benzene rings is 2. The summed E-state index contributed by atoms with van der Waals surface area (Å²) in [6, 6.07) is 14.4. The number of hydrogen-bond acceptors (Lipinski definition) is 5. The van der Waals surface area contributed by atoms with E-state index < -0.39 is 11.4 Å². The summed E-state index contributed by atoms with van der Waals surface area (Å²) >= 11 is 5.31. The van der Waals surface area contributed by atoms with Crippen molar-refractivity contribution in [1.82, 2.24) is 19.9 Å². The van der Waals surface area contributed by atoms with Gasteiger partial charge in [0.2, 0.25) is 0 Å². The van der Waals surface area contributed by atoms with Crippen LogP contribution in [0.3, 0.4) is 0 Å². The van der Waals surface area contributed by atoms with E-state index in [1.54, 1.807) is 24.4 Å². The molecule has 9 heteroatoms. The molecule has 2 aromatic heterocycles. The Morgan fingerprint density at radius 1 is 1.15 bits per heavy atom. The SMILES string of the molecule is CCN(CC)c1ccc(CNC(=O)c2ccc3c(=O)n(-c4ccccc4F)c(=S)[nH]c3c2)cn1. The van der Waals surface area contributed by atoms with Crippen molar-refractivity contribution < 1.29 is 9.18 Å². The third kappa shape index (κ3) is 4.60. The number of rotatable bonds is 7. The molecular formula is C25H24FN5O2S. The van der Waals surface area contributed by atoms with Gasteiger partial charge in [-0.25, -0.2) is 13.9 Å².